The van der Waals surface area contributed by atoms with Crippen LogP contribution in [-0.4, -0.2) is 5.11 Å². The van der Waals surface area contributed by atoms with Gasteiger partial charge in [0.1, 0.15) is 5.75 Å². The van der Waals surface area contributed by atoms with Gasteiger partial charge in [-0.2, -0.15) is 0 Å². The number of hydrogen-bond donors (Lipinski definition) is 1. The lowest BCUT2D eigenvalue weighted by Gasteiger charge is -2.13. The minimum Gasteiger partial charge on any atom is -0.508 e. The van der Waals surface area contributed by atoms with E-state index in [2.05, 4.69) is 0 Å². The van der Waals surface area contributed by atoms with Crippen molar-refractivity contribution in [2.24, 2.45) is 0 Å². The first-order valence-corrected chi connectivity index (χ1v) is 7.25. The van der Waals surface area contributed by atoms with E-state index in [4.69, 9.17) is 23.2 Å². The van der Waals surface area contributed by atoms with Crippen LogP contribution in [0.25, 0.3) is 22.3 Å². The SMILES string of the molecule is Oc1cccc(-c2ccccc2-c2c(Cl)cccc2Cl)c1. The average Bonchev–Trinajstić information content (AvgIpc) is 2.47. The van der Waals surface area contributed by atoms with Crippen molar-refractivity contribution in [2.45, 2.75) is 0 Å². The second-order valence-corrected chi connectivity index (χ2v) is 5.51. The van der Waals surface area contributed by atoms with Gasteiger partial charge in [-0.25, -0.2) is 0 Å². The maximum absolute atomic E-state index is 9.69. The van der Waals surface area contributed by atoms with Crippen molar-refractivity contribution in [3.05, 3.63) is 76.8 Å². The largest absolute Gasteiger partial charge is 0.508 e. The Morgan fingerprint density at radius 2 is 1.29 bits per heavy atom. The molecule has 0 aromatic heterocycles. The summed E-state index contributed by atoms with van der Waals surface area (Å²) in [5, 5.41) is 10.9. The smallest absolute Gasteiger partial charge is 0.116 e. The Kier molecular flexibility index (Phi) is 3.87. The Morgan fingerprint density at radius 1 is 0.667 bits per heavy atom. The van der Waals surface area contributed by atoms with Gasteiger partial charge in [-0.05, 0) is 41.0 Å². The molecule has 0 aliphatic rings. The molecule has 0 unspecified atom stereocenters. The third-order valence-corrected chi connectivity index (χ3v) is 3.95. The van der Waals surface area contributed by atoms with Crippen LogP contribution in [0, 0.1) is 0 Å². The lowest BCUT2D eigenvalue weighted by molar-refractivity contribution is 0.475. The highest BCUT2D eigenvalue weighted by atomic mass is 35.5. The number of phenols is 1. The Balaban J connectivity index is 2.26. The first-order valence-electron chi connectivity index (χ1n) is 6.49. The number of rotatable bonds is 2. The van der Waals surface area contributed by atoms with Crippen molar-refractivity contribution >= 4 is 23.2 Å². The lowest BCUT2D eigenvalue weighted by Crippen LogP contribution is -1.87. The third kappa shape index (κ3) is 2.76. The zero-order valence-corrected chi connectivity index (χ0v) is 12.6. The van der Waals surface area contributed by atoms with Crippen LogP contribution < -0.4 is 0 Å². The average molecular weight is 315 g/mol. The van der Waals surface area contributed by atoms with Gasteiger partial charge in [0.2, 0.25) is 0 Å². The highest BCUT2D eigenvalue weighted by Gasteiger charge is 2.13. The van der Waals surface area contributed by atoms with E-state index in [-0.39, 0.29) is 5.75 Å². The van der Waals surface area contributed by atoms with Gasteiger partial charge in [-0.1, -0.05) is 65.7 Å². The van der Waals surface area contributed by atoms with Crippen LogP contribution in [-0.2, 0) is 0 Å². The van der Waals surface area contributed by atoms with E-state index in [1.807, 2.05) is 54.6 Å². The molecule has 0 atom stereocenters. The zero-order chi connectivity index (χ0) is 14.8. The molecule has 0 fully saturated rings. The van der Waals surface area contributed by atoms with Gasteiger partial charge < -0.3 is 5.11 Å². The van der Waals surface area contributed by atoms with Gasteiger partial charge in [0.15, 0.2) is 0 Å². The second-order valence-electron chi connectivity index (χ2n) is 4.69. The van der Waals surface area contributed by atoms with Gasteiger partial charge >= 0.3 is 0 Å². The van der Waals surface area contributed by atoms with Crippen molar-refractivity contribution in [1.82, 2.24) is 0 Å². The fourth-order valence-corrected chi connectivity index (χ4v) is 2.98. The minimum absolute atomic E-state index is 0.229. The molecule has 0 amide bonds. The Morgan fingerprint density at radius 3 is 1.95 bits per heavy atom. The molecule has 1 nitrogen and oxygen atoms in total. The van der Waals surface area contributed by atoms with Gasteiger partial charge in [0.05, 0.1) is 0 Å². The molecular weight excluding hydrogens is 303 g/mol. The number of benzene rings is 3. The van der Waals surface area contributed by atoms with E-state index < -0.39 is 0 Å². The van der Waals surface area contributed by atoms with Crippen molar-refractivity contribution in [2.75, 3.05) is 0 Å². The van der Waals surface area contributed by atoms with Crippen LogP contribution in [0.1, 0.15) is 0 Å². The molecule has 0 heterocycles. The normalized spacial score (nSPS) is 10.6. The summed E-state index contributed by atoms with van der Waals surface area (Å²) >= 11 is 12.6. The van der Waals surface area contributed by atoms with Crippen LogP contribution in [0.3, 0.4) is 0 Å². The molecule has 3 aromatic carbocycles. The van der Waals surface area contributed by atoms with Crippen LogP contribution in [0.5, 0.6) is 5.75 Å². The molecule has 0 saturated heterocycles. The van der Waals surface area contributed by atoms with E-state index in [0.29, 0.717) is 10.0 Å². The molecule has 0 spiro atoms. The van der Waals surface area contributed by atoms with E-state index >= 15 is 0 Å². The van der Waals surface area contributed by atoms with Crippen molar-refractivity contribution in [1.29, 1.82) is 0 Å². The Labute approximate surface area is 133 Å². The number of phenolic OH excluding ortho intramolecular Hbond substituents is 1. The monoisotopic (exact) mass is 314 g/mol. The maximum Gasteiger partial charge on any atom is 0.116 e. The summed E-state index contributed by atoms with van der Waals surface area (Å²) < 4.78 is 0. The standard InChI is InChI=1S/C18H12Cl2O/c19-16-9-4-10-17(20)18(16)15-8-2-1-7-14(15)12-5-3-6-13(21)11-12/h1-11,21H. The second kappa shape index (κ2) is 5.80. The van der Waals surface area contributed by atoms with Crippen molar-refractivity contribution in [3.8, 4) is 28.0 Å². The highest BCUT2D eigenvalue weighted by molar-refractivity contribution is 6.39. The topological polar surface area (TPSA) is 20.2 Å². The summed E-state index contributed by atoms with van der Waals surface area (Å²) in [7, 11) is 0. The molecule has 104 valence electrons. The van der Waals surface area contributed by atoms with E-state index in [1.54, 1.807) is 12.1 Å². The van der Waals surface area contributed by atoms with E-state index in [9.17, 15) is 5.11 Å². The molecule has 1 N–H and O–H groups in total. The van der Waals surface area contributed by atoms with Crippen molar-refractivity contribution in [3.63, 3.8) is 0 Å². The minimum atomic E-state index is 0.229. The zero-order valence-electron chi connectivity index (χ0n) is 11.1. The number of hydrogen-bond acceptors (Lipinski definition) is 1. The summed E-state index contributed by atoms with van der Waals surface area (Å²) in [5.74, 6) is 0.229. The molecule has 3 aromatic rings. The Hall–Kier alpha value is -1.96. The van der Waals surface area contributed by atoms with Crippen molar-refractivity contribution < 1.29 is 5.11 Å². The quantitative estimate of drug-likeness (QED) is 0.612. The molecule has 21 heavy (non-hydrogen) atoms. The van der Waals surface area contributed by atoms with Gasteiger partial charge in [0, 0.05) is 15.6 Å². The van der Waals surface area contributed by atoms with E-state index in [1.165, 1.54) is 0 Å². The lowest BCUT2D eigenvalue weighted by atomic mass is 9.94. The summed E-state index contributed by atoms with van der Waals surface area (Å²) in [6.07, 6.45) is 0. The molecule has 0 aliphatic carbocycles. The van der Waals surface area contributed by atoms with Crippen LogP contribution in [0.2, 0.25) is 10.0 Å². The fourth-order valence-electron chi connectivity index (χ4n) is 2.38. The predicted octanol–water partition coefficient (Wildman–Crippen LogP) is 6.03. The number of halogens is 2. The molecule has 0 radical (unpaired) electrons. The molecule has 0 bridgehead atoms. The number of aromatic hydroxyl groups is 1. The fraction of sp³-hybridized carbons (Fsp3) is 0. The first-order chi connectivity index (χ1) is 10.2. The van der Waals surface area contributed by atoms with Gasteiger partial charge in [-0.3, -0.25) is 0 Å². The molecule has 0 aliphatic heterocycles. The van der Waals surface area contributed by atoms with Crippen LogP contribution in [0.4, 0.5) is 0 Å². The maximum atomic E-state index is 9.69. The van der Waals surface area contributed by atoms with Gasteiger partial charge in [0.25, 0.3) is 0 Å². The van der Waals surface area contributed by atoms with Crippen LogP contribution in [0.15, 0.2) is 66.7 Å². The summed E-state index contributed by atoms with van der Waals surface area (Å²) in [4.78, 5) is 0. The van der Waals surface area contributed by atoms with Crippen LogP contribution >= 0.6 is 23.2 Å². The summed E-state index contributed by atoms with van der Waals surface area (Å²) in [5.41, 5.74) is 3.64. The molecule has 3 heteroatoms. The molecular formula is C18H12Cl2O. The van der Waals surface area contributed by atoms with Gasteiger partial charge in [-0.15, -0.1) is 0 Å². The molecule has 0 saturated carbocycles. The summed E-state index contributed by atoms with van der Waals surface area (Å²) in [6.45, 7) is 0. The van der Waals surface area contributed by atoms with E-state index in [0.717, 1.165) is 22.3 Å². The Bertz CT molecular complexity index is 776. The summed E-state index contributed by atoms with van der Waals surface area (Å²) in [6, 6.07) is 20.5. The molecule has 3 rings (SSSR count). The predicted molar refractivity (Wildman–Crippen MR) is 89.0 cm³/mol. The highest BCUT2D eigenvalue weighted by Crippen LogP contribution is 2.40. The third-order valence-electron chi connectivity index (χ3n) is 3.32. The first kappa shape index (κ1) is 14.0.